The minimum absolute atomic E-state index is 0.0469. The number of halogens is 1. The molecule has 38 heavy (non-hydrogen) atoms. The monoisotopic (exact) mass is 544 g/mol. The normalized spacial score (nSPS) is 19.9. The maximum absolute atomic E-state index is 13.7. The molecular weight excluding hydrogens is 512 g/mol. The molecule has 4 rings (SSSR count). The van der Waals surface area contributed by atoms with Crippen molar-refractivity contribution in [1.82, 2.24) is 20.7 Å². The molecule has 11 nitrogen and oxygen atoms in total. The van der Waals surface area contributed by atoms with E-state index in [-0.39, 0.29) is 41.4 Å². The number of rotatable bonds is 9. The van der Waals surface area contributed by atoms with Crippen molar-refractivity contribution >= 4 is 52.1 Å². The van der Waals surface area contributed by atoms with E-state index in [4.69, 9.17) is 35.9 Å². The predicted molar refractivity (Wildman–Crippen MR) is 146 cm³/mol. The van der Waals surface area contributed by atoms with Crippen LogP contribution in [-0.4, -0.2) is 74.1 Å². The molecule has 4 heterocycles. The number of nitrogens with one attached hydrogen (secondary N) is 3. The van der Waals surface area contributed by atoms with E-state index < -0.39 is 11.9 Å². The van der Waals surface area contributed by atoms with Gasteiger partial charge in [0.15, 0.2) is 5.58 Å². The smallest absolute Gasteiger partial charge is 0.414 e. The van der Waals surface area contributed by atoms with Crippen LogP contribution in [0.1, 0.15) is 49.4 Å². The zero-order chi connectivity index (χ0) is 27.4. The van der Waals surface area contributed by atoms with Crippen LogP contribution >= 0.6 is 11.6 Å². The van der Waals surface area contributed by atoms with Crippen molar-refractivity contribution in [2.24, 2.45) is 0 Å². The number of amides is 1. The summed E-state index contributed by atoms with van der Waals surface area (Å²) in [5, 5.41) is 12.7. The van der Waals surface area contributed by atoms with E-state index in [0.29, 0.717) is 42.2 Å². The lowest BCUT2D eigenvalue weighted by molar-refractivity contribution is 0.00467. The summed E-state index contributed by atoms with van der Waals surface area (Å²) < 4.78 is 17.4. The van der Waals surface area contributed by atoms with Gasteiger partial charge < -0.3 is 29.6 Å². The fourth-order valence-electron chi connectivity index (χ4n) is 4.72. The van der Waals surface area contributed by atoms with Crippen LogP contribution in [0.4, 0.5) is 10.5 Å². The van der Waals surface area contributed by atoms with Gasteiger partial charge in [0.2, 0.25) is 11.5 Å². The highest BCUT2D eigenvalue weighted by atomic mass is 35.5. The van der Waals surface area contributed by atoms with E-state index in [1.807, 2.05) is 20.2 Å². The van der Waals surface area contributed by atoms with Gasteiger partial charge in [0.25, 0.3) is 0 Å². The Hall–Kier alpha value is -3.41. The second kappa shape index (κ2) is 12.0. The maximum atomic E-state index is 13.7. The SMILES string of the molecule is CCOC(=O)N(c1c(C(=O)/C(C=N)=C/NC)oc2cc(Cl)c(C3=CN(C)NC3)nc12)[C@H]1CCO[C@@H](CC)C1. The maximum Gasteiger partial charge on any atom is 0.414 e. The van der Waals surface area contributed by atoms with Gasteiger partial charge in [0.1, 0.15) is 11.2 Å². The van der Waals surface area contributed by atoms with Crippen molar-refractivity contribution in [2.75, 3.05) is 38.8 Å². The second-order valence-corrected chi connectivity index (χ2v) is 9.46. The van der Waals surface area contributed by atoms with Crippen LogP contribution in [0.3, 0.4) is 0 Å². The number of anilines is 1. The van der Waals surface area contributed by atoms with Crippen LogP contribution < -0.4 is 15.6 Å². The van der Waals surface area contributed by atoms with E-state index >= 15 is 0 Å². The van der Waals surface area contributed by atoms with Crippen molar-refractivity contribution < 1.29 is 23.5 Å². The van der Waals surface area contributed by atoms with Gasteiger partial charge in [-0.1, -0.05) is 18.5 Å². The van der Waals surface area contributed by atoms with E-state index in [0.717, 1.165) is 18.2 Å². The number of carbonyl (C=O) groups is 2. The lowest BCUT2D eigenvalue weighted by atomic mass is 9.99. The van der Waals surface area contributed by atoms with Gasteiger partial charge in [-0.05, 0) is 26.2 Å². The Morgan fingerprint density at radius 1 is 1.42 bits per heavy atom. The van der Waals surface area contributed by atoms with Crippen molar-refractivity contribution in [2.45, 2.75) is 45.3 Å². The largest absolute Gasteiger partial charge is 0.449 e. The highest BCUT2D eigenvalue weighted by Crippen LogP contribution is 2.40. The Bertz CT molecular complexity index is 1290. The Labute approximate surface area is 226 Å². The summed E-state index contributed by atoms with van der Waals surface area (Å²) in [7, 11) is 3.49. The molecule has 2 aromatic rings. The molecule has 2 aliphatic rings. The molecule has 0 aliphatic carbocycles. The molecule has 0 bridgehead atoms. The topological polar surface area (TPSA) is 133 Å². The Balaban J connectivity index is 1.98. The summed E-state index contributed by atoms with van der Waals surface area (Å²) in [4.78, 5) is 33.5. The fourth-order valence-corrected chi connectivity index (χ4v) is 4.98. The van der Waals surface area contributed by atoms with Crippen molar-refractivity contribution in [3.63, 3.8) is 0 Å². The molecule has 0 saturated carbocycles. The van der Waals surface area contributed by atoms with Gasteiger partial charge in [-0.3, -0.25) is 9.69 Å². The minimum Gasteiger partial charge on any atom is -0.449 e. The molecular formula is C26H33ClN6O5. The fraction of sp³-hybridized carbons (Fsp3) is 0.462. The van der Waals surface area contributed by atoms with E-state index in [9.17, 15) is 9.59 Å². The Morgan fingerprint density at radius 3 is 2.84 bits per heavy atom. The number of ether oxygens (including phenoxy) is 2. The zero-order valence-corrected chi connectivity index (χ0v) is 22.7. The van der Waals surface area contributed by atoms with Crippen LogP contribution in [0.15, 0.2) is 28.5 Å². The highest BCUT2D eigenvalue weighted by molar-refractivity contribution is 6.33. The van der Waals surface area contributed by atoms with Crippen LogP contribution in [0.5, 0.6) is 0 Å². The molecule has 12 heteroatoms. The molecule has 0 spiro atoms. The van der Waals surface area contributed by atoms with Crippen LogP contribution in [-0.2, 0) is 9.47 Å². The molecule has 1 saturated heterocycles. The number of Topliss-reactive ketones (excluding diaryl/α,β-unsaturated/α-hetero) is 1. The van der Waals surface area contributed by atoms with E-state index in [2.05, 4.69) is 10.7 Å². The number of hydrogen-bond acceptors (Lipinski definition) is 10. The molecule has 0 aromatic carbocycles. The lowest BCUT2D eigenvalue weighted by Gasteiger charge is -2.36. The first-order chi connectivity index (χ1) is 18.3. The highest BCUT2D eigenvalue weighted by Gasteiger charge is 2.38. The van der Waals surface area contributed by atoms with Gasteiger partial charge >= 0.3 is 6.09 Å². The Morgan fingerprint density at radius 2 is 2.21 bits per heavy atom. The average Bonchev–Trinajstić information content (AvgIpc) is 3.50. The first-order valence-electron chi connectivity index (χ1n) is 12.6. The minimum atomic E-state index is -0.611. The van der Waals surface area contributed by atoms with Gasteiger partial charge in [-0.25, -0.2) is 15.2 Å². The molecule has 1 fully saturated rings. The third kappa shape index (κ3) is 5.40. The number of hydrogen-bond donors (Lipinski definition) is 3. The number of hydrazine groups is 1. The van der Waals surface area contributed by atoms with Crippen LogP contribution in [0, 0.1) is 5.41 Å². The van der Waals surface area contributed by atoms with E-state index in [1.54, 1.807) is 25.0 Å². The molecule has 2 atom stereocenters. The average molecular weight is 545 g/mol. The summed E-state index contributed by atoms with van der Waals surface area (Å²) in [6.07, 6.45) is 5.43. The van der Waals surface area contributed by atoms with Crippen molar-refractivity contribution in [1.29, 1.82) is 5.41 Å². The first kappa shape index (κ1) is 27.6. The summed E-state index contributed by atoms with van der Waals surface area (Å²) in [6.45, 7) is 4.87. The van der Waals surface area contributed by atoms with Crippen LogP contribution in [0.25, 0.3) is 16.7 Å². The molecule has 204 valence electrons. The summed E-state index contributed by atoms with van der Waals surface area (Å²) in [5.74, 6) is -0.691. The zero-order valence-electron chi connectivity index (χ0n) is 22.0. The molecule has 1 amide bonds. The second-order valence-electron chi connectivity index (χ2n) is 9.06. The van der Waals surface area contributed by atoms with Gasteiger partial charge in [0.05, 0.1) is 29.0 Å². The number of nitrogens with zero attached hydrogens (tertiary/aromatic N) is 3. The lowest BCUT2D eigenvalue weighted by Crippen LogP contribution is -2.46. The number of aromatic nitrogens is 1. The van der Waals surface area contributed by atoms with E-state index in [1.165, 1.54) is 11.1 Å². The summed E-state index contributed by atoms with van der Waals surface area (Å²) >= 11 is 6.62. The molecule has 0 unspecified atom stereocenters. The number of furan rings is 1. The van der Waals surface area contributed by atoms with Gasteiger partial charge in [-0.2, -0.15) is 0 Å². The quantitative estimate of drug-likeness (QED) is 0.242. The third-order valence-corrected chi connectivity index (χ3v) is 6.84. The Kier molecular flexibility index (Phi) is 8.70. The number of carbonyl (C=O) groups excluding carboxylic acids is 2. The standard InChI is InChI=1S/C26H33ClN6O5/c1-5-18-9-17(7-8-37-18)33(26(35)36-6-2)23-22-20(38-25(23)24(34)15(11-28)12-29-3)10-19(27)21(31-22)16-13-30-32(4)14-16/h10-12,14,17-18,28-30H,5-9,13H2,1-4H3/b15-12+,28-11?/t17-,18-/m0/s1. The van der Waals surface area contributed by atoms with Crippen LogP contribution in [0.2, 0.25) is 5.02 Å². The number of fused-ring (bicyclic) bond motifs is 1. The molecule has 2 aliphatic heterocycles. The summed E-state index contributed by atoms with van der Waals surface area (Å²) in [5.41, 5.74) is 5.33. The summed E-state index contributed by atoms with van der Waals surface area (Å²) in [6, 6.07) is 1.28. The predicted octanol–water partition coefficient (Wildman–Crippen LogP) is 4.13. The number of allylic oxidation sites excluding steroid dienone is 1. The molecule has 0 radical (unpaired) electrons. The van der Waals surface area contributed by atoms with Crippen molar-refractivity contribution in [3.8, 4) is 0 Å². The number of ketones is 1. The molecule has 3 N–H and O–H groups in total. The third-order valence-electron chi connectivity index (χ3n) is 6.55. The first-order valence-corrected chi connectivity index (χ1v) is 13.0. The number of pyridine rings is 1. The molecule has 2 aromatic heterocycles. The van der Waals surface area contributed by atoms with Crippen molar-refractivity contribution in [3.05, 3.63) is 40.5 Å². The van der Waals surface area contributed by atoms with Gasteiger partial charge in [-0.15, -0.1) is 0 Å². The van der Waals surface area contributed by atoms with Gasteiger partial charge in [0, 0.05) is 63.5 Å².